The Labute approximate surface area is 146 Å². The Morgan fingerprint density at radius 2 is 2.08 bits per heavy atom. The van der Waals surface area contributed by atoms with Gasteiger partial charge >= 0.3 is 6.03 Å². The van der Waals surface area contributed by atoms with E-state index in [1.165, 1.54) is 12.8 Å². The first-order valence-corrected chi connectivity index (χ1v) is 8.77. The van der Waals surface area contributed by atoms with Gasteiger partial charge in [0.25, 0.3) is 0 Å². The average Bonchev–Trinajstić information content (AvgIpc) is 3.32. The van der Waals surface area contributed by atoms with Crippen LogP contribution in [-0.4, -0.2) is 32.8 Å². The minimum atomic E-state index is -0.162. The lowest BCUT2D eigenvalue weighted by atomic mass is 9.91. The molecule has 2 bridgehead atoms. The molecule has 0 radical (unpaired) electrons. The van der Waals surface area contributed by atoms with Gasteiger partial charge < -0.3 is 10.6 Å². The Kier molecular flexibility index (Phi) is 4.21. The molecule has 2 aromatic rings. The number of nitrogens with one attached hydrogen (secondary N) is 2. The van der Waals surface area contributed by atoms with Crippen LogP contribution >= 0.6 is 0 Å². The number of aryl methyl sites for hydroxylation is 1. The van der Waals surface area contributed by atoms with E-state index in [1.807, 2.05) is 31.2 Å². The molecule has 1 aromatic carbocycles. The van der Waals surface area contributed by atoms with Crippen LogP contribution in [0.25, 0.3) is 5.69 Å². The quantitative estimate of drug-likeness (QED) is 0.821. The van der Waals surface area contributed by atoms with Crippen molar-refractivity contribution in [1.82, 2.24) is 25.5 Å². The van der Waals surface area contributed by atoms with E-state index in [0.717, 1.165) is 42.1 Å². The minimum Gasteiger partial charge on any atom is -0.338 e. The van der Waals surface area contributed by atoms with Gasteiger partial charge in [0.1, 0.15) is 0 Å². The molecule has 7 nitrogen and oxygen atoms in total. The van der Waals surface area contributed by atoms with Gasteiger partial charge in [0.2, 0.25) is 0 Å². The van der Waals surface area contributed by atoms with E-state index in [0.29, 0.717) is 5.82 Å². The molecule has 4 rings (SSSR count). The number of amides is 2. The van der Waals surface area contributed by atoms with E-state index in [-0.39, 0.29) is 6.03 Å². The number of anilines is 1. The van der Waals surface area contributed by atoms with E-state index in [4.69, 9.17) is 0 Å². The number of fused-ring (bicyclic) bond motifs is 2. The summed E-state index contributed by atoms with van der Waals surface area (Å²) >= 11 is 0. The second-order valence-electron chi connectivity index (χ2n) is 6.89. The molecular formula is C18H22N6O. The summed E-state index contributed by atoms with van der Waals surface area (Å²) in [4.78, 5) is 12.0. The topological polar surface area (TPSA) is 84.7 Å². The number of benzene rings is 1. The van der Waals surface area contributed by atoms with Crippen LogP contribution in [0, 0.1) is 24.7 Å². The van der Waals surface area contributed by atoms with Crippen molar-refractivity contribution in [1.29, 1.82) is 0 Å². The first-order valence-electron chi connectivity index (χ1n) is 8.77. The minimum absolute atomic E-state index is 0.162. The van der Waals surface area contributed by atoms with Gasteiger partial charge in [0.05, 0.1) is 5.69 Å². The van der Waals surface area contributed by atoms with E-state index in [1.54, 1.807) is 4.68 Å². The zero-order valence-corrected chi connectivity index (χ0v) is 14.2. The van der Waals surface area contributed by atoms with Crippen molar-refractivity contribution < 1.29 is 4.79 Å². The highest BCUT2D eigenvalue weighted by atomic mass is 16.2. The van der Waals surface area contributed by atoms with Crippen molar-refractivity contribution in [3.63, 3.8) is 0 Å². The Morgan fingerprint density at radius 1 is 1.24 bits per heavy atom. The first-order chi connectivity index (χ1) is 12.2. The lowest BCUT2D eigenvalue weighted by Gasteiger charge is -2.18. The van der Waals surface area contributed by atoms with Gasteiger partial charge in [-0.2, -0.15) is 4.68 Å². The monoisotopic (exact) mass is 338 g/mol. The number of tetrazole rings is 1. The van der Waals surface area contributed by atoms with Gasteiger partial charge in [-0.05, 0) is 78.6 Å². The van der Waals surface area contributed by atoms with E-state index in [9.17, 15) is 4.79 Å². The smallest absolute Gasteiger partial charge is 0.319 e. The summed E-state index contributed by atoms with van der Waals surface area (Å²) in [5.41, 5.74) is 1.60. The number of nitrogens with zero attached hydrogens (tertiary/aromatic N) is 4. The molecule has 2 aliphatic rings. The Morgan fingerprint density at radius 3 is 2.72 bits per heavy atom. The molecule has 0 spiro atoms. The highest BCUT2D eigenvalue weighted by molar-refractivity contribution is 5.89. The van der Waals surface area contributed by atoms with Crippen LogP contribution in [0.5, 0.6) is 0 Å². The summed E-state index contributed by atoms with van der Waals surface area (Å²) in [5.74, 6) is 2.96. The van der Waals surface area contributed by atoms with Crippen LogP contribution in [0.3, 0.4) is 0 Å². The molecule has 0 saturated heterocycles. The Balaban J connectivity index is 1.25. The fraction of sp³-hybridized carbons (Fsp3) is 0.444. The molecule has 1 aromatic heterocycles. The van der Waals surface area contributed by atoms with Crippen molar-refractivity contribution in [2.75, 3.05) is 11.9 Å². The van der Waals surface area contributed by atoms with Gasteiger partial charge in [-0.25, -0.2) is 4.79 Å². The number of hydrogen-bond acceptors (Lipinski definition) is 4. The van der Waals surface area contributed by atoms with Crippen molar-refractivity contribution in [3.8, 4) is 5.69 Å². The summed E-state index contributed by atoms with van der Waals surface area (Å²) in [6.45, 7) is 2.56. The van der Waals surface area contributed by atoms with Crippen molar-refractivity contribution in [2.24, 2.45) is 17.8 Å². The SMILES string of the molecule is Cc1nnnn1-c1ccc(NC(=O)NCC[C@@H]2C[C@@H]3C=C[C@H]2C3)cc1. The third kappa shape index (κ3) is 3.40. The molecule has 2 aliphatic carbocycles. The molecule has 1 saturated carbocycles. The van der Waals surface area contributed by atoms with E-state index in [2.05, 4.69) is 38.3 Å². The van der Waals surface area contributed by atoms with Gasteiger partial charge in [-0.1, -0.05) is 12.2 Å². The molecular weight excluding hydrogens is 316 g/mol. The molecule has 130 valence electrons. The summed E-state index contributed by atoms with van der Waals surface area (Å²) in [6, 6.07) is 7.28. The molecule has 7 heteroatoms. The van der Waals surface area contributed by atoms with Crippen LogP contribution in [0.4, 0.5) is 10.5 Å². The van der Waals surface area contributed by atoms with Crippen LogP contribution in [0.1, 0.15) is 25.1 Å². The lowest BCUT2D eigenvalue weighted by molar-refractivity contribution is 0.250. The molecule has 0 aliphatic heterocycles. The van der Waals surface area contributed by atoms with E-state index < -0.39 is 0 Å². The van der Waals surface area contributed by atoms with Crippen molar-refractivity contribution in [2.45, 2.75) is 26.2 Å². The Bertz CT molecular complexity index is 781. The predicted octanol–water partition coefficient (Wildman–Crippen LogP) is 2.69. The van der Waals surface area contributed by atoms with Crippen LogP contribution in [-0.2, 0) is 0 Å². The number of aromatic nitrogens is 4. The zero-order valence-electron chi connectivity index (χ0n) is 14.2. The molecule has 25 heavy (non-hydrogen) atoms. The second kappa shape index (κ2) is 6.66. The molecule has 2 N–H and O–H groups in total. The lowest BCUT2D eigenvalue weighted by Crippen LogP contribution is -2.31. The fourth-order valence-corrected chi connectivity index (χ4v) is 3.93. The average molecular weight is 338 g/mol. The molecule has 3 atom stereocenters. The Hall–Kier alpha value is -2.70. The van der Waals surface area contributed by atoms with Gasteiger partial charge in [0, 0.05) is 12.2 Å². The summed E-state index contributed by atoms with van der Waals surface area (Å²) in [6.07, 6.45) is 8.34. The maximum atomic E-state index is 12.0. The molecule has 1 heterocycles. The second-order valence-corrected chi connectivity index (χ2v) is 6.89. The van der Waals surface area contributed by atoms with Crippen molar-refractivity contribution in [3.05, 3.63) is 42.2 Å². The predicted molar refractivity (Wildman–Crippen MR) is 94.4 cm³/mol. The largest absolute Gasteiger partial charge is 0.338 e. The maximum Gasteiger partial charge on any atom is 0.319 e. The number of hydrogen-bond donors (Lipinski definition) is 2. The number of urea groups is 1. The van der Waals surface area contributed by atoms with Crippen LogP contribution in [0.15, 0.2) is 36.4 Å². The van der Waals surface area contributed by atoms with E-state index >= 15 is 0 Å². The number of carbonyl (C=O) groups is 1. The third-order valence-electron chi connectivity index (χ3n) is 5.21. The van der Waals surface area contributed by atoms with Gasteiger partial charge in [0.15, 0.2) is 5.82 Å². The molecule has 2 amide bonds. The summed E-state index contributed by atoms with van der Waals surface area (Å²) in [5, 5.41) is 17.2. The van der Waals surface area contributed by atoms with Crippen molar-refractivity contribution >= 4 is 11.7 Å². The van der Waals surface area contributed by atoms with Gasteiger partial charge in [-0.3, -0.25) is 0 Å². The third-order valence-corrected chi connectivity index (χ3v) is 5.21. The van der Waals surface area contributed by atoms with Gasteiger partial charge in [-0.15, -0.1) is 5.10 Å². The number of allylic oxidation sites excluding steroid dienone is 2. The fourth-order valence-electron chi connectivity index (χ4n) is 3.93. The zero-order chi connectivity index (χ0) is 17.2. The van der Waals surface area contributed by atoms with Crippen LogP contribution < -0.4 is 10.6 Å². The van der Waals surface area contributed by atoms with Crippen LogP contribution in [0.2, 0.25) is 0 Å². The standard InChI is InChI=1S/C18H22N6O/c1-12-21-22-23-24(12)17-6-4-16(5-7-17)20-18(25)19-9-8-15-11-13-2-3-14(15)10-13/h2-7,13-15H,8-11H2,1H3,(H2,19,20,25)/t13-,14+,15-/m1/s1. The summed E-state index contributed by atoms with van der Waals surface area (Å²) < 4.78 is 1.65. The first kappa shape index (κ1) is 15.8. The maximum absolute atomic E-state index is 12.0. The molecule has 0 unspecified atom stereocenters. The highest BCUT2D eigenvalue weighted by Gasteiger charge is 2.34. The number of rotatable bonds is 5. The summed E-state index contributed by atoms with van der Waals surface area (Å²) in [7, 11) is 0. The highest BCUT2D eigenvalue weighted by Crippen LogP contribution is 2.44. The molecule has 1 fully saturated rings. The number of carbonyl (C=O) groups excluding carboxylic acids is 1. The normalized spacial score (nSPS) is 23.8.